The zero-order chi connectivity index (χ0) is 18.8. The van der Waals surface area contributed by atoms with Gasteiger partial charge in [0.05, 0.1) is 0 Å². The topological polar surface area (TPSA) is 62.7 Å². The molecule has 0 fully saturated rings. The zero-order valence-corrected chi connectivity index (χ0v) is 16.1. The van der Waals surface area contributed by atoms with Gasteiger partial charge in [0.15, 0.2) is 10.6 Å². The molecule has 5 nitrogen and oxygen atoms in total. The fourth-order valence-electron chi connectivity index (χ4n) is 3.53. The Labute approximate surface area is 163 Å². The molecule has 1 amide bonds. The van der Waals surface area contributed by atoms with Crippen LogP contribution in [0.15, 0.2) is 42.5 Å². The summed E-state index contributed by atoms with van der Waals surface area (Å²) in [5, 5.41) is 10.2. The van der Waals surface area contributed by atoms with Crippen molar-refractivity contribution in [3.8, 4) is 11.4 Å². The molecule has 27 heavy (non-hydrogen) atoms. The maximum absolute atomic E-state index is 12.4. The number of carbonyl (C=O) groups excluding carboxylic acids is 1. The van der Waals surface area contributed by atoms with Crippen LogP contribution in [-0.4, -0.2) is 20.7 Å². The number of aromatic nitrogens is 3. The van der Waals surface area contributed by atoms with E-state index < -0.39 is 0 Å². The summed E-state index contributed by atoms with van der Waals surface area (Å²) in [6.45, 7) is 2.53. The molecule has 1 aliphatic rings. The number of nitrogens with zero attached hydrogens (tertiary/aromatic N) is 2. The molecule has 2 aromatic carbocycles. The summed E-state index contributed by atoms with van der Waals surface area (Å²) in [5.41, 5.74) is 5.79. The summed E-state index contributed by atoms with van der Waals surface area (Å²) in [4.78, 5) is 12.4. The number of carbonyl (C=O) groups is 1. The number of anilines is 1. The van der Waals surface area contributed by atoms with Crippen molar-refractivity contribution < 1.29 is 4.79 Å². The first-order valence-electron chi connectivity index (χ1n) is 9.24. The molecule has 3 aromatic rings. The van der Waals surface area contributed by atoms with Crippen LogP contribution in [0.4, 0.5) is 5.69 Å². The second-order valence-electron chi connectivity index (χ2n) is 7.01. The predicted octanol–water partition coefficient (Wildman–Crippen LogP) is 4.43. The van der Waals surface area contributed by atoms with Gasteiger partial charge in [-0.2, -0.15) is 5.10 Å². The zero-order valence-electron chi connectivity index (χ0n) is 15.3. The Hall–Kier alpha value is -2.73. The molecule has 0 radical (unpaired) electrons. The van der Waals surface area contributed by atoms with E-state index in [0.29, 0.717) is 17.7 Å². The first kappa shape index (κ1) is 17.7. The summed E-state index contributed by atoms with van der Waals surface area (Å²) in [7, 11) is 0. The largest absolute Gasteiger partial charge is 0.326 e. The maximum Gasteiger partial charge on any atom is 0.226 e. The molecule has 4 rings (SSSR count). The highest BCUT2D eigenvalue weighted by Gasteiger charge is 2.13. The molecule has 138 valence electrons. The minimum atomic E-state index is -0.0223. The van der Waals surface area contributed by atoms with Crippen LogP contribution < -0.4 is 5.32 Å². The fraction of sp³-hybridized carbons (Fsp3) is 0.286. The second kappa shape index (κ2) is 7.48. The Balaban J connectivity index is 1.44. The van der Waals surface area contributed by atoms with Crippen molar-refractivity contribution in [2.45, 2.75) is 39.2 Å². The third-order valence-electron chi connectivity index (χ3n) is 5.01. The van der Waals surface area contributed by atoms with E-state index in [9.17, 15) is 4.79 Å². The highest BCUT2D eigenvalue weighted by molar-refractivity contribution is 7.71. The summed E-state index contributed by atoms with van der Waals surface area (Å²) in [5.74, 6) is 0.733. The van der Waals surface area contributed by atoms with Crippen molar-refractivity contribution in [1.29, 1.82) is 0 Å². The van der Waals surface area contributed by atoms with Gasteiger partial charge in [-0.1, -0.05) is 35.9 Å². The molecule has 0 unspecified atom stereocenters. The number of fused-ring (bicyclic) bond motifs is 1. The molecular weight excluding hydrogens is 356 g/mol. The smallest absolute Gasteiger partial charge is 0.226 e. The van der Waals surface area contributed by atoms with Crippen LogP contribution in [0.25, 0.3) is 11.4 Å². The van der Waals surface area contributed by atoms with E-state index in [1.165, 1.54) is 23.1 Å². The third kappa shape index (κ3) is 3.85. The van der Waals surface area contributed by atoms with Gasteiger partial charge in [0.2, 0.25) is 5.91 Å². The molecule has 1 aromatic heterocycles. The number of rotatable bonds is 5. The van der Waals surface area contributed by atoms with Crippen molar-refractivity contribution in [3.05, 3.63) is 63.9 Å². The molecular formula is C21H22N4OS. The number of nitrogens with one attached hydrogen (secondary N) is 2. The summed E-state index contributed by atoms with van der Waals surface area (Å²) in [6, 6.07) is 14.3. The van der Waals surface area contributed by atoms with Gasteiger partial charge in [-0.3, -0.25) is 14.5 Å². The maximum atomic E-state index is 12.4. The van der Waals surface area contributed by atoms with Gasteiger partial charge in [-0.25, -0.2) is 0 Å². The van der Waals surface area contributed by atoms with Crippen molar-refractivity contribution in [3.63, 3.8) is 0 Å². The van der Waals surface area contributed by atoms with E-state index in [2.05, 4.69) is 27.6 Å². The molecule has 0 aliphatic heterocycles. The number of benzene rings is 2. The van der Waals surface area contributed by atoms with E-state index in [-0.39, 0.29) is 5.91 Å². The van der Waals surface area contributed by atoms with E-state index in [0.717, 1.165) is 29.9 Å². The third-order valence-corrected chi connectivity index (χ3v) is 5.32. The number of aromatic amines is 1. The lowest BCUT2D eigenvalue weighted by Crippen LogP contribution is -2.15. The van der Waals surface area contributed by atoms with Gasteiger partial charge in [0.1, 0.15) is 0 Å². The van der Waals surface area contributed by atoms with Crippen molar-refractivity contribution in [1.82, 2.24) is 14.8 Å². The molecule has 0 spiro atoms. The van der Waals surface area contributed by atoms with Crippen LogP contribution in [0.3, 0.4) is 0 Å². The quantitative estimate of drug-likeness (QED) is 0.646. The highest BCUT2D eigenvalue weighted by Crippen LogP contribution is 2.25. The van der Waals surface area contributed by atoms with E-state index in [1.54, 1.807) is 0 Å². The Morgan fingerprint density at radius 1 is 1.19 bits per heavy atom. The lowest BCUT2D eigenvalue weighted by Gasteiger charge is -2.09. The summed E-state index contributed by atoms with van der Waals surface area (Å²) < 4.78 is 2.40. The molecule has 1 aliphatic carbocycles. The second-order valence-corrected chi connectivity index (χ2v) is 7.39. The first-order chi connectivity index (χ1) is 13.1. The van der Waals surface area contributed by atoms with Crippen LogP contribution in [0.5, 0.6) is 0 Å². The minimum Gasteiger partial charge on any atom is -0.326 e. The fourth-order valence-corrected chi connectivity index (χ4v) is 3.76. The Morgan fingerprint density at radius 3 is 2.78 bits per heavy atom. The van der Waals surface area contributed by atoms with Crippen LogP contribution in [0.1, 0.15) is 29.5 Å². The molecule has 0 atom stereocenters. The average Bonchev–Trinajstić information content (AvgIpc) is 3.27. The van der Waals surface area contributed by atoms with Gasteiger partial charge in [-0.15, -0.1) is 0 Å². The van der Waals surface area contributed by atoms with Crippen molar-refractivity contribution in [2.75, 3.05) is 5.32 Å². The van der Waals surface area contributed by atoms with Crippen LogP contribution in [0, 0.1) is 11.7 Å². The molecule has 0 saturated carbocycles. The van der Waals surface area contributed by atoms with Gasteiger partial charge in [0.25, 0.3) is 0 Å². The lowest BCUT2D eigenvalue weighted by atomic mass is 10.1. The van der Waals surface area contributed by atoms with Crippen molar-refractivity contribution in [2.24, 2.45) is 0 Å². The lowest BCUT2D eigenvalue weighted by molar-refractivity contribution is -0.116. The van der Waals surface area contributed by atoms with Crippen LogP contribution in [-0.2, 0) is 24.2 Å². The first-order valence-corrected chi connectivity index (χ1v) is 9.65. The van der Waals surface area contributed by atoms with Crippen LogP contribution >= 0.6 is 12.2 Å². The monoisotopic (exact) mass is 378 g/mol. The minimum absolute atomic E-state index is 0.0223. The summed E-state index contributed by atoms with van der Waals surface area (Å²) in [6.07, 6.45) is 3.78. The SMILES string of the molecule is Cc1ccc(-c2n[nH]c(=S)n2CCC(=O)Nc2ccc3c(c2)CCC3)cc1. The van der Waals surface area contributed by atoms with E-state index in [1.807, 2.05) is 41.8 Å². The Bertz CT molecular complexity index is 1030. The molecule has 0 saturated heterocycles. The standard InChI is InChI=1S/C21H22N4OS/c1-14-5-7-16(8-6-14)20-23-24-21(27)25(20)12-11-19(26)22-18-10-9-15-3-2-4-17(15)13-18/h5-10,13H,2-4,11-12H2,1H3,(H,22,26)(H,24,27). The number of H-pyrrole nitrogens is 1. The van der Waals surface area contributed by atoms with Gasteiger partial charge < -0.3 is 5.32 Å². The molecule has 6 heteroatoms. The summed E-state index contributed by atoms with van der Waals surface area (Å²) >= 11 is 5.35. The molecule has 1 heterocycles. The van der Waals surface area contributed by atoms with Crippen molar-refractivity contribution >= 4 is 23.8 Å². The van der Waals surface area contributed by atoms with Gasteiger partial charge in [0, 0.05) is 24.2 Å². The molecule has 0 bridgehead atoms. The predicted molar refractivity (Wildman–Crippen MR) is 109 cm³/mol. The van der Waals surface area contributed by atoms with E-state index >= 15 is 0 Å². The average molecular weight is 379 g/mol. The normalized spacial score (nSPS) is 12.8. The van der Waals surface area contributed by atoms with Gasteiger partial charge >= 0.3 is 0 Å². The Kier molecular flexibility index (Phi) is 4.90. The number of amides is 1. The number of hydrogen-bond donors (Lipinski definition) is 2. The van der Waals surface area contributed by atoms with E-state index in [4.69, 9.17) is 12.2 Å². The molecule has 2 N–H and O–H groups in total. The number of hydrogen-bond acceptors (Lipinski definition) is 3. The number of aryl methyl sites for hydroxylation is 3. The van der Waals surface area contributed by atoms with Gasteiger partial charge in [-0.05, 0) is 61.7 Å². The highest BCUT2D eigenvalue weighted by atomic mass is 32.1. The Morgan fingerprint density at radius 2 is 1.96 bits per heavy atom. The van der Waals surface area contributed by atoms with Crippen LogP contribution in [0.2, 0.25) is 0 Å².